The van der Waals surface area contributed by atoms with E-state index in [9.17, 15) is 0 Å². The lowest BCUT2D eigenvalue weighted by molar-refractivity contribution is 0.0175. The fraction of sp³-hybridized carbons (Fsp3) is 0.714. The minimum atomic E-state index is 0.172. The Morgan fingerprint density at radius 1 is 1.04 bits per heavy atom. The summed E-state index contributed by atoms with van der Waals surface area (Å²) in [6, 6.07) is 6.61. The van der Waals surface area contributed by atoms with Gasteiger partial charge in [0.1, 0.15) is 5.75 Å². The molecule has 0 amide bonds. The maximum absolute atomic E-state index is 5.79. The Bertz CT molecular complexity index is 481. The summed E-state index contributed by atoms with van der Waals surface area (Å²) in [4.78, 5) is 0. The minimum absolute atomic E-state index is 0.172. The first-order chi connectivity index (χ1) is 10.5. The van der Waals surface area contributed by atoms with Gasteiger partial charge in [0.25, 0.3) is 0 Å². The summed E-state index contributed by atoms with van der Waals surface area (Å²) in [5.41, 5.74) is 3.08. The first-order valence-corrected chi connectivity index (χ1v) is 8.84. The molecule has 2 heteroatoms. The van der Waals surface area contributed by atoms with Crippen molar-refractivity contribution in [3.63, 3.8) is 0 Å². The fourth-order valence-electron chi connectivity index (χ4n) is 2.66. The van der Waals surface area contributed by atoms with E-state index in [-0.39, 0.29) is 10.8 Å². The van der Waals surface area contributed by atoms with Crippen LogP contribution in [0.4, 0.5) is 0 Å². The van der Waals surface area contributed by atoms with E-state index in [0.717, 1.165) is 31.6 Å². The molecule has 0 N–H and O–H groups in total. The van der Waals surface area contributed by atoms with Crippen LogP contribution in [0, 0.1) is 5.41 Å². The molecule has 0 aliphatic rings. The Morgan fingerprint density at radius 2 is 1.70 bits per heavy atom. The smallest absolute Gasteiger partial charge is 0.122 e. The number of benzene rings is 1. The van der Waals surface area contributed by atoms with Gasteiger partial charge >= 0.3 is 0 Å². The average Bonchev–Trinajstić information content (AvgIpc) is 2.44. The van der Waals surface area contributed by atoms with Crippen LogP contribution in [0.25, 0.3) is 0 Å². The molecule has 23 heavy (non-hydrogen) atoms. The molecule has 0 atom stereocenters. The van der Waals surface area contributed by atoms with Crippen LogP contribution in [-0.4, -0.2) is 19.8 Å². The monoisotopic (exact) mass is 320 g/mol. The Morgan fingerprint density at radius 3 is 2.22 bits per heavy atom. The number of ether oxygens (including phenoxy) is 2. The molecule has 0 heterocycles. The fourth-order valence-corrected chi connectivity index (χ4v) is 2.66. The first kappa shape index (κ1) is 20.0. The van der Waals surface area contributed by atoms with Crippen molar-refractivity contribution >= 4 is 0 Å². The van der Waals surface area contributed by atoms with Gasteiger partial charge in [0.05, 0.1) is 19.8 Å². The van der Waals surface area contributed by atoms with Gasteiger partial charge in [-0.25, -0.2) is 0 Å². The zero-order valence-corrected chi connectivity index (χ0v) is 16.5. The molecule has 132 valence electrons. The SMILES string of the molecule is COc1ccc(C(C)(C)C)cc1CCCC(C)(C)COC(C)C. The summed E-state index contributed by atoms with van der Waals surface area (Å²) in [6.07, 6.45) is 3.66. The zero-order chi connectivity index (χ0) is 17.7. The molecule has 0 saturated carbocycles. The summed E-state index contributed by atoms with van der Waals surface area (Å²) >= 11 is 0. The third kappa shape index (κ3) is 6.95. The maximum atomic E-state index is 5.79. The molecule has 1 rings (SSSR count). The molecular formula is C21H36O2. The number of hydrogen-bond acceptors (Lipinski definition) is 2. The topological polar surface area (TPSA) is 18.5 Å². The van der Waals surface area contributed by atoms with Gasteiger partial charge in [0.15, 0.2) is 0 Å². The third-order valence-electron chi connectivity index (χ3n) is 4.25. The number of hydrogen-bond donors (Lipinski definition) is 0. The molecule has 1 aromatic rings. The number of aryl methyl sites for hydroxylation is 1. The molecule has 2 nitrogen and oxygen atoms in total. The van der Waals surface area contributed by atoms with Crippen molar-refractivity contribution in [3.05, 3.63) is 29.3 Å². The molecule has 1 aromatic carbocycles. The second-order valence-electron chi connectivity index (χ2n) is 8.65. The summed E-state index contributed by atoms with van der Waals surface area (Å²) in [5.74, 6) is 1.01. The van der Waals surface area contributed by atoms with Crippen LogP contribution in [0.2, 0.25) is 0 Å². The molecule has 0 aliphatic carbocycles. The van der Waals surface area contributed by atoms with Crippen LogP contribution in [0.15, 0.2) is 18.2 Å². The summed E-state index contributed by atoms with van der Waals surface area (Å²) in [6.45, 7) is 16.4. The molecular weight excluding hydrogens is 284 g/mol. The molecule has 0 fully saturated rings. The quantitative estimate of drug-likeness (QED) is 0.605. The summed E-state index contributed by atoms with van der Waals surface area (Å²) in [5, 5.41) is 0. The van der Waals surface area contributed by atoms with Gasteiger partial charge in [-0.05, 0) is 61.1 Å². The Balaban J connectivity index is 2.69. The molecule has 0 unspecified atom stereocenters. The van der Waals surface area contributed by atoms with Crippen molar-refractivity contribution in [2.45, 2.75) is 79.2 Å². The van der Waals surface area contributed by atoms with Crippen LogP contribution in [0.1, 0.15) is 72.4 Å². The van der Waals surface area contributed by atoms with Gasteiger partial charge in [-0.2, -0.15) is 0 Å². The number of rotatable bonds is 8. The standard InChI is InChI=1S/C21H36O2/c1-16(2)23-15-21(6,7)13-9-10-17-14-18(20(3,4)5)11-12-19(17)22-8/h11-12,14,16H,9-10,13,15H2,1-8H3. The molecule has 0 aromatic heterocycles. The van der Waals surface area contributed by atoms with E-state index in [0.29, 0.717) is 6.10 Å². The van der Waals surface area contributed by atoms with Crippen LogP contribution in [0.5, 0.6) is 5.75 Å². The second-order valence-corrected chi connectivity index (χ2v) is 8.65. The number of methoxy groups -OCH3 is 1. The van der Waals surface area contributed by atoms with Crippen molar-refractivity contribution in [1.82, 2.24) is 0 Å². The highest BCUT2D eigenvalue weighted by Crippen LogP contribution is 2.30. The third-order valence-corrected chi connectivity index (χ3v) is 4.25. The van der Waals surface area contributed by atoms with Crippen molar-refractivity contribution in [3.8, 4) is 5.75 Å². The highest BCUT2D eigenvalue weighted by Gasteiger charge is 2.20. The predicted molar refractivity (Wildman–Crippen MR) is 99.5 cm³/mol. The van der Waals surface area contributed by atoms with E-state index in [1.54, 1.807) is 7.11 Å². The highest BCUT2D eigenvalue weighted by molar-refractivity contribution is 5.39. The molecule has 0 spiro atoms. The summed E-state index contributed by atoms with van der Waals surface area (Å²) < 4.78 is 11.3. The molecule has 0 aliphatic heterocycles. The van der Waals surface area contributed by atoms with Crippen molar-refractivity contribution in [2.75, 3.05) is 13.7 Å². The average molecular weight is 321 g/mol. The van der Waals surface area contributed by atoms with Crippen LogP contribution in [-0.2, 0) is 16.6 Å². The lowest BCUT2D eigenvalue weighted by atomic mass is 9.84. The molecule has 0 saturated heterocycles. The van der Waals surface area contributed by atoms with Crippen LogP contribution >= 0.6 is 0 Å². The van der Waals surface area contributed by atoms with E-state index >= 15 is 0 Å². The van der Waals surface area contributed by atoms with Gasteiger partial charge in [0, 0.05) is 0 Å². The van der Waals surface area contributed by atoms with E-state index in [2.05, 4.69) is 66.7 Å². The summed E-state index contributed by atoms with van der Waals surface area (Å²) in [7, 11) is 1.76. The first-order valence-electron chi connectivity index (χ1n) is 8.84. The van der Waals surface area contributed by atoms with Crippen molar-refractivity contribution in [1.29, 1.82) is 0 Å². The largest absolute Gasteiger partial charge is 0.496 e. The van der Waals surface area contributed by atoms with Crippen molar-refractivity contribution < 1.29 is 9.47 Å². The minimum Gasteiger partial charge on any atom is -0.496 e. The zero-order valence-electron chi connectivity index (χ0n) is 16.5. The van der Waals surface area contributed by atoms with E-state index in [1.165, 1.54) is 11.1 Å². The molecule has 0 bridgehead atoms. The van der Waals surface area contributed by atoms with Gasteiger partial charge in [-0.3, -0.25) is 0 Å². The van der Waals surface area contributed by atoms with E-state index < -0.39 is 0 Å². The van der Waals surface area contributed by atoms with Crippen LogP contribution < -0.4 is 4.74 Å². The van der Waals surface area contributed by atoms with Gasteiger partial charge in [-0.1, -0.05) is 46.8 Å². The normalized spacial score (nSPS) is 12.7. The predicted octanol–water partition coefficient (Wildman–Crippen LogP) is 5.77. The second kappa shape index (κ2) is 8.19. The Hall–Kier alpha value is -1.02. The van der Waals surface area contributed by atoms with E-state index in [4.69, 9.17) is 9.47 Å². The maximum Gasteiger partial charge on any atom is 0.122 e. The van der Waals surface area contributed by atoms with Gasteiger partial charge in [-0.15, -0.1) is 0 Å². The lowest BCUT2D eigenvalue weighted by Crippen LogP contribution is -2.22. The van der Waals surface area contributed by atoms with Gasteiger partial charge in [0.2, 0.25) is 0 Å². The Kier molecular flexibility index (Phi) is 7.13. The van der Waals surface area contributed by atoms with Gasteiger partial charge < -0.3 is 9.47 Å². The molecule has 0 radical (unpaired) electrons. The highest BCUT2D eigenvalue weighted by atomic mass is 16.5. The van der Waals surface area contributed by atoms with Crippen LogP contribution in [0.3, 0.4) is 0 Å². The van der Waals surface area contributed by atoms with Crippen molar-refractivity contribution in [2.24, 2.45) is 5.41 Å². The lowest BCUT2D eigenvalue weighted by Gasteiger charge is -2.26. The Labute approximate surface area is 143 Å². The van der Waals surface area contributed by atoms with E-state index in [1.807, 2.05) is 0 Å².